The Kier molecular flexibility index (Phi) is 5.95. The molecule has 112 valence electrons. The standard InChI is InChI=1S/C15H23FN2O2/c1-5-18(6-2)15(19)11(4)20-12-7-8-13(10(3)17)14(16)9-12/h7-11H,5-6,17H2,1-4H3/t10-,11?/m0/s1. The third-order valence-electron chi connectivity index (χ3n) is 3.20. The van der Waals surface area contributed by atoms with Gasteiger partial charge in [0, 0.05) is 30.8 Å². The van der Waals surface area contributed by atoms with Crippen LogP contribution < -0.4 is 10.5 Å². The number of rotatable bonds is 6. The molecule has 0 radical (unpaired) electrons. The maximum Gasteiger partial charge on any atom is 0.263 e. The van der Waals surface area contributed by atoms with Crippen LogP contribution >= 0.6 is 0 Å². The summed E-state index contributed by atoms with van der Waals surface area (Å²) >= 11 is 0. The lowest BCUT2D eigenvalue weighted by molar-refractivity contribution is -0.137. The van der Waals surface area contributed by atoms with E-state index < -0.39 is 11.9 Å². The number of hydrogen-bond donors (Lipinski definition) is 1. The predicted molar refractivity (Wildman–Crippen MR) is 77.0 cm³/mol. The van der Waals surface area contributed by atoms with Crippen LogP contribution in [0.15, 0.2) is 18.2 Å². The fraction of sp³-hybridized carbons (Fsp3) is 0.533. The SMILES string of the molecule is CCN(CC)C(=O)C(C)Oc1ccc([C@H](C)N)c(F)c1. The Labute approximate surface area is 119 Å². The number of hydrogen-bond acceptors (Lipinski definition) is 3. The fourth-order valence-corrected chi connectivity index (χ4v) is 2.00. The highest BCUT2D eigenvalue weighted by molar-refractivity contribution is 5.80. The number of ether oxygens (including phenoxy) is 1. The van der Waals surface area contributed by atoms with Gasteiger partial charge in [-0.3, -0.25) is 4.79 Å². The first-order valence-electron chi connectivity index (χ1n) is 6.91. The normalized spacial score (nSPS) is 13.7. The van der Waals surface area contributed by atoms with Gasteiger partial charge >= 0.3 is 0 Å². The van der Waals surface area contributed by atoms with Crippen LogP contribution in [0.4, 0.5) is 4.39 Å². The van der Waals surface area contributed by atoms with Gasteiger partial charge in [0.2, 0.25) is 0 Å². The highest BCUT2D eigenvalue weighted by Crippen LogP contribution is 2.21. The zero-order valence-corrected chi connectivity index (χ0v) is 12.5. The second-order valence-electron chi connectivity index (χ2n) is 4.74. The van der Waals surface area contributed by atoms with Crippen LogP contribution in [-0.4, -0.2) is 30.0 Å². The molecule has 2 atom stereocenters. The molecule has 1 rings (SSSR count). The molecule has 0 heterocycles. The molecule has 0 saturated carbocycles. The Balaban J connectivity index is 2.78. The first kappa shape index (κ1) is 16.4. The van der Waals surface area contributed by atoms with Crippen molar-refractivity contribution in [3.05, 3.63) is 29.6 Å². The van der Waals surface area contributed by atoms with Gasteiger partial charge in [0.25, 0.3) is 5.91 Å². The van der Waals surface area contributed by atoms with E-state index in [1.807, 2.05) is 13.8 Å². The molecule has 0 fully saturated rings. The van der Waals surface area contributed by atoms with Crippen molar-refractivity contribution in [2.45, 2.75) is 39.8 Å². The van der Waals surface area contributed by atoms with Gasteiger partial charge in [-0.15, -0.1) is 0 Å². The molecule has 2 N–H and O–H groups in total. The van der Waals surface area contributed by atoms with E-state index in [0.29, 0.717) is 24.4 Å². The average molecular weight is 282 g/mol. The minimum atomic E-state index is -0.643. The molecule has 0 aliphatic heterocycles. The van der Waals surface area contributed by atoms with Crippen molar-refractivity contribution in [1.82, 2.24) is 4.90 Å². The Morgan fingerprint density at radius 2 is 1.95 bits per heavy atom. The first-order chi connectivity index (χ1) is 9.40. The summed E-state index contributed by atoms with van der Waals surface area (Å²) in [4.78, 5) is 13.7. The van der Waals surface area contributed by atoms with Crippen LogP contribution in [0.5, 0.6) is 5.75 Å². The summed E-state index contributed by atoms with van der Waals surface area (Å²) in [5.41, 5.74) is 6.08. The van der Waals surface area contributed by atoms with Gasteiger partial charge in [-0.05, 0) is 33.8 Å². The summed E-state index contributed by atoms with van der Waals surface area (Å²) < 4.78 is 19.3. The van der Waals surface area contributed by atoms with Gasteiger partial charge in [-0.1, -0.05) is 6.07 Å². The molecule has 0 aromatic heterocycles. The van der Waals surface area contributed by atoms with Crippen molar-refractivity contribution in [2.75, 3.05) is 13.1 Å². The molecule has 1 unspecified atom stereocenters. The van der Waals surface area contributed by atoms with Gasteiger partial charge in [-0.2, -0.15) is 0 Å². The third-order valence-corrected chi connectivity index (χ3v) is 3.20. The lowest BCUT2D eigenvalue weighted by Gasteiger charge is -2.23. The van der Waals surface area contributed by atoms with E-state index in [0.717, 1.165) is 0 Å². The van der Waals surface area contributed by atoms with Crippen molar-refractivity contribution in [3.63, 3.8) is 0 Å². The quantitative estimate of drug-likeness (QED) is 0.872. The largest absolute Gasteiger partial charge is 0.481 e. The maximum absolute atomic E-state index is 13.8. The average Bonchev–Trinajstić information content (AvgIpc) is 2.39. The van der Waals surface area contributed by atoms with Gasteiger partial charge in [0.1, 0.15) is 11.6 Å². The summed E-state index contributed by atoms with van der Waals surface area (Å²) in [6.45, 7) is 8.45. The van der Waals surface area contributed by atoms with Crippen molar-refractivity contribution >= 4 is 5.91 Å². The highest BCUT2D eigenvalue weighted by Gasteiger charge is 2.20. The third kappa shape index (κ3) is 3.93. The van der Waals surface area contributed by atoms with Crippen LogP contribution in [0.25, 0.3) is 0 Å². The topological polar surface area (TPSA) is 55.6 Å². The first-order valence-corrected chi connectivity index (χ1v) is 6.91. The number of benzene rings is 1. The van der Waals surface area contributed by atoms with Crippen LogP contribution in [0.3, 0.4) is 0 Å². The highest BCUT2D eigenvalue weighted by atomic mass is 19.1. The van der Waals surface area contributed by atoms with Gasteiger partial charge in [0.05, 0.1) is 0 Å². The Morgan fingerprint density at radius 1 is 1.35 bits per heavy atom. The lowest BCUT2D eigenvalue weighted by Crippen LogP contribution is -2.40. The predicted octanol–water partition coefficient (Wildman–Crippen LogP) is 2.48. The lowest BCUT2D eigenvalue weighted by atomic mass is 10.1. The van der Waals surface area contributed by atoms with E-state index >= 15 is 0 Å². The summed E-state index contributed by atoms with van der Waals surface area (Å²) in [7, 11) is 0. The van der Waals surface area contributed by atoms with Crippen LogP contribution in [-0.2, 0) is 4.79 Å². The van der Waals surface area contributed by atoms with Gasteiger partial charge in [0.15, 0.2) is 6.10 Å². The number of amides is 1. The zero-order valence-electron chi connectivity index (χ0n) is 12.5. The van der Waals surface area contributed by atoms with E-state index in [-0.39, 0.29) is 11.9 Å². The summed E-state index contributed by atoms with van der Waals surface area (Å²) in [5, 5.41) is 0. The molecule has 1 aromatic rings. The van der Waals surface area contributed by atoms with E-state index in [1.54, 1.807) is 30.9 Å². The molecule has 20 heavy (non-hydrogen) atoms. The van der Waals surface area contributed by atoms with E-state index in [1.165, 1.54) is 6.07 Å². The molecule has 0 bridgehead atoms. The maximum atomic E-state index is 13.8. The Morgan fingerprint density at radius 3 is 2.40 bits per heavy atom. The van der Waals surface area contributed by atoms with Crippen molar-refractivity contribution in [3.8, 4) is 5.75 Å². The minimum absolute atomic E-state index is 0.105. The fourth-order valence-electron chi connectivity index (χ4n) is 2.00. The number of likely N-dealkylation sites (N-methyl/N-ethyl adjacent to an activating group) is 1. The second-order valence-corrected chi connectivity index (χ2v) is 4.74. The molecule has 0 spiro atoms. The zero-order chi connectivity index (χ0) is 15.3. The molecule has 0 saturated heterocycles. The summed E-state index contributed by atoms with van der Waals surface area (Å²) in [5.74, 6) is -0.188. The van der Waals surface area contributed by atoms with Gasteiger partial charge in [-0.25, -0.2) is 4.39 Å². The molecule has 4 nitrogen and oxygen atoms in total. The minimum Gasteiger partial charge on any atom is -0.481 e. The summed E-state index contributed by atoms with van der Waals surface area (Å²) in [6, 6.07) is 4.11. The number of nitrogens with zero attached hydrogens (tertiary/aromatic N) is 1. The number of carbonyl (C=O) groups excluding carboxylic acids is 1. The molecule has 0 aliphatic carbocycles. The second kappa shape index (κ2) is 7.24. The smallest absolute Gasteiger partial charge is 0.263 e. The molecular weight excluding hydrogens is 259 g/mol. The Hall–Kier alpha value is -1.62. The molecule has 0 aliphatic rings. The van der Waals surface area contributed by atoms with Crippen LogP contribution in [0, 0.1) is 5.82 Å². The molecule has 1 aromatic carbocycles. The number of nitrogens with two attached hydrogens (primary N) is 1. The molecular formula is C15H23FN2O2. The number of halogens is 1. The van der Waals surface area contributed by atoms with E-state index in [4.69, 9.17) is 10.5 Å². The molecule has 5 heteroatoms. The van der Waals surface area contributed by atoms with Crippen LogP contribution in [0.2, 0.25) is 0 Å². The Bertz CT molecular complexity index is 459. The summed E-state index contributed by atoms with van der Waals surface area (Å²) in [6.07, 6.45) is -0.643. The van der Waals surface area contributed by atoms with Crippen molar-refractivity contribution in [2.24, 2.45) is 5.73 Å². The van der Waals surface area contributed by atoms with Crippen molar-refractivity contribution in [1.29, 1.82) is 0 Å². The van der Waals surface area contributed by atoms with E-state index in [9.17, 15) is 9.18 Å². The monoisotopic (exact) mass is 282 g/mol. The number of carbonyl (C=O) groups is 1. The van der Waals surface area contributed by atoms with Crippen molar-refractivity contribution < 1.29 is 13.9 Å². The van der Waals surface area contributed by atoms with Gasteiger partial charge < -0.3 is 15.4 Å². The molecule has 1 amide bonds. The van der Waals surface area contributed by atoms with Crippen LogP contribution in [0.1, 0.15) is 39.3 Å². The van der Waals surface area contributed by atoms with E-state index in [2.05, 4.69) is 0 Å².